The first kappa shape index (κ1) is 13.1. The maximum atomic E-state index is 12.2. The van der Waals surface area contributed by atoms with Gasteiger partial charge in [-0.05, 0) is 48.4 Å². The van der Waals surface area contributed by atoms with E-state index in [9.17, 15) is 9.59 Å². The van der Waals surface area contributed by atoms with Crippen molar-refractivity contribution in [3.63, 3.8) is 0 Å². The van der Waals surface area contributed by atoms with Crippen molar-refractivity contribution in [2.45, 2.75) is 6.92 Å². The molecule has 0 bridgehead atoms. The number of hydrogen-bond acceptors (Lipinski definition) is 3. The summed E-state index contributed by atoms with van der Waals surface area (Å²) in [5.41, 5.74) is 9.19. The number of carbonyl (C=O) groups excluding carboxylic acids is 2. The van der Waals surface area contributed by atoms with Crippen LogP contribution in [-0.4, -0.2) is 16.7 Å². The Morgan fingerprint density at radius 2 is 1.62 bits per heavy atom. The van der Waals surface area contributed by atoms with Crippen molar-refractivity contribution in [1.29, 1.82) is 0 Å². The topological polar surface area (TPSA) is 63.4 Å². The molecule has 1 heterocycles. The minimum atomic E-state index is -0.299. The van der Waals surface area contributed by atoms with Crippen molar-refractivity contribution in [3.05, 3.63) is 70.9 Å². The molecule has 4 nitrogen and oxygen atoms in total. The van der Waals surface area contributed by atoms with Gasteiger partial charge in [-0.2, -0.15) is 0 Å². The minimum absolute atomic E-state index is 0.299. The summed E-state index contributed by atoms with van der Waals surface area (Å²) in [6, 6.07) is 12.4. The van der Waals surface area contributed by atoms with Gasteiger partial charge in [0.2, 0.25) is 0 Å². The Bertz CT molecular complexity index is 723. The van der Waals surface area contributed by atoms with Gasteiger partial charge in [0.25, 0.3) is 11.8 Å². The van der Waals surface area contributed by atoms with Gasteiger partial charge in [-0.1, -0.05) is 18.2 Å². The molecule has 104 valence electrons. The van der Waals surface area contributed by atoms with Gasteiger partial charge in [-0.25, -0.2) is 4.90 Å². The number of fused-ring (bicyclic) bond motifs is 1. The summed E-state index contributed by atoms with van der Waals surface area (Å²) in [7, 11) is 0. The molecular weight excluding hydrogens is 264 g/mol. The van der Waals surface area contributed by atoms with E-state index in [-0.39, 0.29) is 11.8 Å². The number of benzene rings is 2. The molecule has 0 saturated heterocycles. The van der Waals surface area contributed by atoms with E-state index in [0.717, 1.165) is 16.0 Å². The van der Waals surface area contributed by atoms with Crippen molar-refractivity contribution in [1.82, 2.24) is 4.90 Å². The van der Waals surface area contributed by atoms with Crippen LogP contribution in [0, 0.1) is 6.92 Å². The van der Waals surface area contributed by atoms with E-state index in [2.05, 4.69) is 0 Å². The van der Waals surface area contributed by atoms with Crippen molar-refractivity contribution in [2.24, 2.45) is 0 Å². The lowest BCUT2D eigenvalue weighted by Crippen LogP contribution is -2.23. The van der Waals surface area contributed by atoms with Crippen LogP contribution < -0.4 is 5.73 Å². The number of imide groups is 1. The number of anilines is 1. The first-order chi connectivity index (χ1) is 10.1. The van der Waals surface area contributed by atoms with Crippen LogP contribution in [0.5, 0.6) is 0 Å². The number of hydrogen-bond donors (Lipinski definition) is 1. The van der Waals surface area contributed by atoms with Crippen molar-refractivity contribution >= 4 is 23.6 Å². The second kappa shape index (κ2) is 4.90. The molecule has 2 N–H and O–H groups in total. The van der Waals surface area contributed by atoms with E-state index in [1.165, 1.54) is 6.20 Å². The van der Waals surface area contributed by atoms with Gasteiger partial charge in [0, 0.05) is 11.9 Å². The smallest absolute Gasteiger partial charge is 0.265 e. The number of carbonyl (C=O) groups is 2. The largest absolute Gasteiger partial charge is 0.399 e. The molecule has 0 fully saturated rings. The van der Waals surface area contributed by atoms with Gasteiger partial charge >= 0.3 is 0 Å². The van der Waals surface area contributed by atoms with Gasteiger partial charge in [-0.15, -0.1) is 0 Å². The molecule has 2 amide bonds. The second-order valence-corrected chi connectivity index (χ2v) is 5.02. The molecule has 1 aliphatic rings. The molecule has 21 heavy (non-hydrogen) atoms. The van der Waals surface area contributed by atoms with Gasteiger partial charge in [0.15, 0.2) is 0 Å². The third-order valence-electron chi connectivity index (χ3n) is 3.36. The van der Waals surface area contributed by atoms with Crippen molar-refractivity contribution in [2.75, 3.05) is 5.73 Å². The summed E-state index contributed by atoms with van der Waals surface area (Å²) in [6.07, 6.45) is 3.21. The van der Waals surface area contributed by atoms with Crippen molar-refractivity contribution < 1.29 is 9.59 Å². The van der Waals surface area contributed by atoms with Crippen molar-refractivity contribution in [3.8, 4) is 0 Å². The SMILES string of the molecule is Cc1cc(N)cc(/C=C/N2C(=O)c3ccccc3C2=O)c1. The number of rotatable bonds is 2. The molecule has 0 atom stereocenters. The molecule has 0 unspecified atom stereocenters. The number of nitrogens with two attached hydrogens (primary N) is 1. The highest BCUT2D eigenvalue weighted by atomic mass is 16.2. The molecule has 3 rings (SSSR count). The molecule has 0 spiro atoms. The van der Waals surface area contributed by atoms with E-state index < -0.39 is 0 Å². The molecule has 4 heteroatoms. The van der Waals surface area contributed by atoms with E-state index in [1.54, 1.807) is 36.4 Å². The third-order valence-corrected chi connectivity index (χ3v) is 3.36. The number of nitrogen functional groups attached to an aromatic ring is 1. The maximum absolute atomic E-state index is 12.2. The zero-order valence-corrected chi connectivity index (χ0v) is 11.5. The maximum Gasteiger partial charge on any atom is 0.265 e. The van der Waals surface area contributed by atoms with Crippen LogP contribution in [-0.2, 0) is 0 Å². The Morgan fingerprint density at radius 1 is 1.00 bits per heavy atom. The summed E-state index contributed by atoms with van der Waals surface area (Å²) in [5, 5.41) is 0. The Labute approximate surface area is 122 Å². The van der Waals surface area contributed by atoms with E-state index in [0.29, 0.717) is 16.8 Å². The Hall–Kier alpha value is -2.88. The Balaban J connectivity index is 1.91. The summed E-state index contributed by atoms with van der Waals surface area (Å²) in [4.78, 5) is 25.5. The van der Waals surface area contributed by atoms with Crippen LogP contribution in [0.15, 0.2) is 48.7 Å². The first-order valence-corrected chi connectivity index (χ1v) is 6.58. The summed E-state index contributed by atoms with van der Waals surface area (Å²) < 4.78 is 0. The molecule has 0 aromatic heterocycles. The van der Waals surface area contributed by atoms with Crippen LogP contribution in [0.2, 0.25) is 0 Å². The highest BCUT2D eigenvalue weighted by Crippen LogP contribution is 2.23. The average Bonchev–Trinajstić information content (AvgIpc) is 2.69. The van der Waals surface area contributed by atoms with Gasteiger partial charge in [-0.3, -0.25) is 9.59 Å². The summed E-state index contributed by atoms with van der Waals surface area (Å²) >= 11 is 0. The van der Waals surface area contributed by atoms with Gasteiger partial charge < -0.3 is 5.73 Å². The molecule has 0 radical (unpaired) electrons. The highest BCUT2D eigenvalue weighted by Gasteiger charge is 2.33. The fraction of sp³-hybridized carbons (Fsp3) is 0.0588. The van der Waals surface area contributed by atoms with Crippen LogP contribution >= 0.6 is 0 Å². The lowest BCUT2D eigenvalue weighted by Gasteiger charge is -2.07. The monoisotopic (exact) mass is 278 g/mol. The molecule has 2 aromatic rings. The molecule has 1 aliphatic heterocycles. The normalized spacial score (nSPS) is 14.0. The number of amides is 2. The molecule has 2 aromatic carbocycles. The van der Waals surface area contributed by atoms with E-state index in [1.807, 2.05) is 19.1 Å². The third kappa shape index (κ3) is 2.31. The second-order valence-electron chi connectivity index (χ2n) is 5.02. The lowest BCUT2D eigenvalue weighted by molar-refractivity contribution is 0.0722. The van der Waals surface area contributed by atoms with E-state index in [4.69, 9.17) is 5.73 Å². The average molecular weight is 278 g/mol. The van der Waals surface area contributed by atoms with Crippen LogP contribution in [0.25, 0.3) is 6.08 Å². The zero-order valence-electron chi connectivity index (χ0n) is 11.5. The van der Waals surface area contributed by atoms with Crippen LogP contribution in [0.4, 0.5) is 5.69 Å². The molecular formula is C17H14N2O2. The predicted molar refractivity (Wildman–Crippen MR) is 81.6 cm³/mol. The first-order valence-electron chi connectivity index (χ1n) is 6.58. The number of nitrogens with zero attached hydrogens (tertiary/aromatic N) is 1. The van der Waals surface area contributed by atoms with Crippen LogP contribution in [0.1, 0.15) is 31.8 Å². The fourth-order valence-electron chi connectivity index (χ4n) is 2.44. The van der Waals surface area contributed by atoms with Crippen LogP contribution in [0.3, 0.4) is 0 Å². The number of aryl methyl sites for hydroxylation is 1. The summed E-state index contributed by atoms with van der Waals surface area (Å²) in [6.45, 7) is 1.94. The summed E-state index contributed by atoms with van der Waals surface area (Å²) in [5.74, 6) is -0.597. The minimum Gasteiger partial charge on any atom is -0.399 e. The standard InChI is InChI=1S/C17H14N2O2/c1-11-8-12(10-13(18)9-11)6-7-19-16(20)14-4-2-3-5-15(14)17(19)21/h2-10H,18H2,1H3/b7-6+. The predicted octanol–water partition coefficient (Wildman–Crippen LogP) is 2.84. The highest BCUT2D eigenvalue weighted by molar-refractivity contribution is 6.22. The van der Waals surface area contributed by atoms with E-state index >= 15 is 0 Å². The fourth-order valence-corrected chi connectivity index (χ4v) is 2.44. The van der Waals surface area contributed by atoms with Gasteiger partial charge in [0.05, 0.1) is 11.1 Å². The quantitative estimate of drug-likeness (QED) is 0.678. The lowest BCUT2D eigenvalue weighted by atomic mass is 10.1. The molecule has 0 aliphatic carbocycles. The van der Waals surface area contributed by atoms with Gasteiger partial charge in [0.1, 0.15) is 0 Å². The Kier molecular flexibility index (Phi) is 3.06. The molecule has 0 saturated carbocycles. The Morgan fingerprint density at radius 3 is 2.19 bits per heavy atom. The zero-order chi connectivity index (χ0) is 15.0.